The van der Waals surface area contributed by atoms with Gasteiger partial charge in [-0.1, -0.05) is 48.5 Å². The van der Waals surface area contributed by atoms with E-state index >= 15 is 0 Å². The molecule has 2 heterocycles. The lowest BCUT2D eigenvalue weighted by Gasteiger charge is -2.33. The molecule has 0 atom stereocenters. The highest BCUT2D eigenvalue weighted by atomic mass is 19.4. The summed E-state index contributed by atoms with van der Waals surface area (Å²) in [4.78, 5) is 43.2. The molecule has 0 radical (unpaired) electrons. The number of carbonyl (C=O) groups excluding carboxylic acids is 3. The van der Waals surface area contributed by atoms with Gasteiger partial charge < -0.3 is 4.90 Å². The normalized spacial score (nSPS) is 16.1. The van der Waals surface area contributed by atoms with Crippen LogP contribution in [0.4, 0.5) is 18.9 Å². The molecule has 40 heavy (non-hydrogen) atoms. The smallest absolute Gasteiger partial charge is 0.339 e. The van der Waals surface area contributed by atoms with Gasteiger partial charge in [-0.05, 0) is 72.5 Å². The molecule has 6 rings (SSSR count). The minimum atomic E-state index is -4.62. The van der Waals surface area contributed by atoms with Gasteiger partial charge in [0.2, 0.25) is 0 Å². The van der Waals surface area contributed by atoms with Crippen LogP contribution in [0.5, 0.6) is 0 Å². The highest BCUT2D eigenvalue weighted by Crippen LogP contribution is 2.37. The number of carbonyl (C=O) groups is 3. The van der Waals surface area contributed by atoms with Crippen LogP contribution in [-0.4, -0.2) is 35.7 Å². The van der Waals surface area contributed by atoms with Crippen molar-refractivity contribution < 1.29 is 27.6 Å². The molecule has 0 N–H and O–H groups in total. The third-order valence-corrected chi connectivity index (χ3v) is 7.84. The number of amides is 3. The van der Waals surface area contributed by atoms with Crippen molar-refractivity contribution in [2.24, 2.45) is 5.92 Å². The number of imide groups is 1. The molecule has 3 amide bonds. The summed E-state index contributed by atoms with van der Waals surface area (Å²) in [7, 11) is 0. The van der Waals surface area contributed by atoms with Crippen LogP contribution in [0, 0.1) is 5.92 Å². The maximum Gasteiger partial charge on any atom is 0.416 e. The number of alkyl halides is 3. The van der Waals surface area contributed by atoms with Crippen molar-refractivity contribution >= 4 is 34.2 Å². The van der Waals surface area contributed by atoms with Crippen molar-refractivity contribution in [1.29, 1.82) is 0 Å². The Bertz CT molecular complexity index is 1620. The van der Waals surface area contributed by atoms with Crippen molar-refractivity contribution in [3.63, 3.8) is 0 Å². The molecule has 0 saturated carbocycles. The maximum absolute atomic E-state index is 13.6. The van der Waals surface area contributed by atoms with Crippen LogP contribution in [0.2, 0.25) is 0 Å². The molecule has 0 aliphatic carbocycles. The van der Waals surface area contributed by atoms with Crippen LogP contribution in [0.3, 0.4) is 0 Å². The molecule has 4 aromatic rings. The standard InChI is InChI=1S/C32H25F3N2O3/c33-32(34,35)22-8-4-9-23(19-22)37-30(39)26-11-5-10-24-25(12-13-27(28(24)26)31(37)40)29(38)36-16-14-21(15-17-36)18-20-6-2-1-3-7-20/h1-13,19,21H,14-18H2. The first-order valence-corrected chi connectivity index (χ1v) is 13.2. The SMILES string of the molecule is O=C(c1ccc2c3c(cccc13)C(=O)N(c1cccc(C(F)(F)F)c1)C2=O)N1CCC(Cc2ccccc2)CC1. The van der Waals surface area contributed by atoms with Gasteiger partial charge in [-0.25, -0.2) is 4.90 Å². The summed E-state index contributed by atoms with van der Waals surface area (Å²) >= 11 is 0. The third kappa shape index (κ3) is 4.53. The Morgan fingerprint density at radius 2 is 1.48 bits per heavy atom. The van der Waals surface area contributed by atoms with Gasteiger partial charge in [0.1, 0.15) is 0 Å². The van der Waals surface area contributed by atoms with Crippen LogP contribution in [-0.2, 0) is 12.6 Å². The van der Waals surface area contributed by atoms with E-state index < -0.39 is 23.6 Å². The quantitative estimate of drug-likeness (QED) is 0.268. The molecule has 0 spiro atoms. The molecule has 2 aliphatic rings. The summed E-state index contributed by atoms with van der Waals surface area (Å²) in [6, 6.07) is 22.4. The molecule has 202 valence electrons. The second-order valence-electron chi connectivity index (χ2n) is 10.3. The molecule has 2 aliphatic heterocycles. The second-order valence-corrected chi connectivity index (χ2v) is 10.3. The molecular weight excluding hydrogens is 517 g/mol. The van der Waals surface area contributed by atoms with Gasteiger partial charge in [0, 0.05) is 35.2 Å². The summed E-state index contributed by atoms with van der Waals surface area (Å²) < 4.78 is 40.0. The third-order valence-electron chi connectivity index (χ3n) is 7.84. The minimum Gasteiger partial charge on any atom is -0.339 e. The van der Waals surface area contributed by atoms with Gasteiger partial charge in [-0.2, -0.15) is 13.2 Å². The number of hydrogen-bond acceptors (Lipinski definition) is 3. The number of anilines is 1. The fraction of sp³-hybridized carbons (Fsp3) is 0.219. The lowest BCUT2D eigenvalue weighted by Crippen LogP contribution is -2.41. The van der Waals surface area contributed by atoms with E-state index in [0.29, 0.717) is 35.3 Å². The van der Waals surface area contributed by atoms with Gasteiger partial charge in [0.15, 0.2) is 0 Å². The zero-order valence-electron chi connectivity index (χ0n) is 21.4. The molecule has 5 nitrogen and oxygen atoms in total. The van der Waals surface area contributed by atoms with Gasteiger partial charge in [-0.15, -0.1) is 0 Å². The first kappa shape index (κ1) is 25.8. The first-order valence-electron chi connectivity index (χ1n) is 13.2. The summed E-state index contributed by atoms with van der Waals surface area (Å²) in [5, 5.41) is 0.836. The number of benzene rings is 4. The highest BCUT2D eigenvalue weighted by molar-refractivity contribution is 6.36. The van der Waals surface area contributed by atoms with Crippen molar-refractivity contribution in [3.05, 3.63) is 113 Å². The van der Waals surface area contributed by atoms with E-state index in [-0.39, 0.29) is 22.7 Å². The summed E-state index contributed by atoms with van der Waals surface area (Å²) in [6.07, 6.45) is -1.90. The summed E-state index contributed by atoms with van der Waals surface area (Å²) in [6.45, 7) is 1.22. The van der Waals surface area contributed by atoms with Crippen molar-refractivity contribution in [2.75, 3.05) is 18.0 Å². The highest BCUT2D eigenvalue weighted by Gasteiger charge is 2.37. The van der Waals surface area contributed by atoms with E-state index in [1.807, 2.05) is 23.1 Å². The average Bonchev–Trinajstić information content (AvgIpc) is 2.96. The van der Waals surface area contributed by atoms with E-state index in [4.69, 9.17) is 0 Å². The predicted molar refractivity (Wildman–Crippen MR) is 145 cm³/mol. The van der Waals surface area contributed by atoms with Crippen molar-refractivity contribution in [3.8, 4) is 0 Å². The van der Waals surface area contributed by atoms with Crippen molar-refractivity contribution in [1.82, 2.24) is 4.90 Å². The summed E-state index contributed by atoms with van der Waals surface area (Å²) in [5.41, 5.74) is 0.898. The zero-order valence-corrected chi connectivity index (χ0v) is 21.4. The van der Waals surface area contributed by atoms with Crippen LogP contribution >= 0.6 is 0 Å². The Morgan fingerprint density at radius 3 is 2.17 bits per heavy atom. The van der Waals surface area contributed by atoms with E-state index in [1.54, 1.807) is 18.2 Å². The Balaban J connectivity index is 1.28. The molecule has 0 bridgehead atoms. The fourth-order valence-corrected chi connectivity index (χ4v) is 5.80. The molecule has 4 aromatic carbocycles. The largest absolute Gasteiger partial charge is 0.416 e. The summed E-state index contributed by atoms with van der Waals surface area (Å²) in [5.74, 6) is -1.13. The molecule has 0 aromatic heterocycles. The van der Waals surface area contributed by atoms with E-state index in [0.717, 1.165) is 36.3 Å². The molecule has 0 unspecified atom stereocenters. The lowest BCUT2D eigenvalue weighted by molar-refractivity contribution is -0.137. The number of rotatable bonds is 4. The van der Waals surface area contributed by atoms with Gasteiger partial charge in [-0.3, -0.25) is 14.4 Å². The first-order chi connectivity index (χ1) is 19.2. The second kappa shape index (κ2) is 9.93. The molecule has 1 fully saturated rings. The Morgan fingerprint density at radius 1 is 0.800 bits per heavy atom. The van der Waals surface area contributed by atoms with E-state index in [9.17, 15) is 27.6 Å². The average molecular weight is 543 g/mol. The van der Waals surface area contributed by atoms with Crippen LogP contribution in [0.15, 0.2) is 84.9 Å². The van der Waals surface area contributed by atoms with Crippen LogP contribution in [0.25, 0.3) is 10.8 Å². The van der Waals surface area contributed by atoms with Gasteiger partial charge in [0.25, 0.3) is 17.7 Å². The van der Waals surface area contributed by atoms with E-state index in [1.165, 1.54) is 29.8 Å². The zero-order chi connectivity index (χ0) is 28.0. The fourth-order valence-electron chi connectivity index (χ4n) is 5.80. The molecule has 8 heteroatoms. The topological polar surface area (TPSA) is 57.7 Å². The Kier molecular flexibility index (Phi) is 6.41. The maximum atomic E-state index is 13.6. The Hall–Kier alpha value is -4.46. The monoisotopic (exact) mass is 542 g/mol. The number of likely N-dealkylation sites (tertiary alicyclic amines) is 1. The van der Waals surface area contributed by atoms with Gasteiger partial charge in [0.05, 0.1) is 11.3 Å². The molecule has 1 saturated heterocycles. The van der Waals surface area contributed by atoms with Crippen molar-refractivity contribution in [2.45, 2.75) is 25.4 Å². The van der Waals surface area contributed by atoms with Crippen LogP contribution < -0.4 is 4.90 Å². The Labute approximate surface area is 228 Å². The number of nitrogens with zero attached hydrogens (tertiary/aromatic N) is 2. The minimum absolute atomic E-state index is 0.161. The number of halogens is 3. The van der Waals surface area contributed by atoms with Gasteiger partial charge >= 0.3 is 6.18 Å². The van der Waals surface area contributed by atoms with E-state index in [2.05, 4.69) is 12.1 Å². The predicted octanol–water partition coefficient (Wildman–Crippen LogP) is 6.75. The number of hydrogen-bond donors (Lipinski definition) is 0. The molecular formula is C32H25F3N2O3. The lowest BCUT2D eigenvalue weighted by atomic mass is 9.88. The number of piperidine rings is 1. The van der Waals surface area contributed by atoms with Crippen LogP contribution in [0.1, 0.15) is 55.0 Å².